The van der Waals surface area contributed by atoms with Gasteiger partial charge in [-0.25, -0.2) is 0 Å². The third kappa shape index (κ3) is 8.23. The van der Waals surface area contributed by atoms with Crippen molar-refractivity contribution in [3.8, 4) is 0 Å². The van der Waals surface area contributed by atoms with Gasteiger partial charge in [-0.3, -0.25) is 9.59 Å². The van der Waals surface area contributed by atoms with E-state index in [9.17, 15) is 19.8 Å². The van der Waals surface area contributed by atoms with Crippen LogP contribution in [0.3, 0.4) is 0 Å². The third-order valence-electron chi connectivity index (χ3n) is 7.20. The average Bonchev–Trinajstić information content (AvgIpc) is 2.63. The van der Waals surface area contributed by atoms with E-state index >= 15 is 0 Å². The highest BCUT2D eigenvalue weighted by molar-refractivity contribution is 5.75. The van der Waals surface area contributed by atoms with E-state index in [1.807, 2.05) is 26.8 Å². The Morgan fingerprint density at radius 3 is 2.35 bits per heavy atom. The summed E-state index contributed by atoms with van der Waals surface area (Å²) in [5.74, 6) is -0.202. The van der Waals surface area contributed by atoms with Gasteiger partial charge in [0.2, 0.25) is 0 Å². The molecule has 1 aliphatic carbocycles. The Morgan fingerprint density at radius 2 is 1.84 bits per heavy atom. The van der Waals surface area contributed by atoms with Crippen molar-refractivity contribution in [1.29, 1.82) is 0 Å². The van der Waals surface area contributed by atoms with Crippen LogP contribution in [0.5, 0.6) is 0 Å². The summed E-state index contributed by atoms with van der Waals surface area (Å²) in [6.07, 6.45) is 4.06. The molecule has 3 N–H and O–H groups in total. The van der Waals surface area contributed by atoms with Gasteiger partial charge in [-0.1, -0.05) is 46.8 Å². The van der Waals surface area contributed by atoms with E-state index in [1.54, 1.807) is 6.08 Å². The number of carboxylic acid groups (broad SMARTS) is 1. The van der Waals surface area contributed by atoms with Crippen LogP contribution in [0.15, 0.2) is 12.2 Å². The smallest absolute Gasteiger partial charge is 0.311 e. The van der Waals surface area contributed by atoms with Gasteiger partial charge in [0.05, 0.1) is 30.7 Å². The van der Waals surface area contributed by atoms with Crippen LogP contribution in [0, 0.1) is 34.5 Å². The molecule has 0 heterocycles. The summed E-state index contributed by atoms with van der Waals surface area (Å²) in [7, 11) is 0. The maximum atomic E-state index is 12.6. The second-order valence-corrected chi connectivity index (χ2v) is 10.9. The molecule has 31 heavy (non-hydrogen) atoms. The lowest BCUT2D eigenvalue weighted by Crippen LogP contribution is -2.44. The van der Waals surface area contributed by atoms with Crippen LogP contribution in [0.2, 0.25) is 0 Å². The molecule has 0 aromatic rings. The van der Waals surface area contributed by atoms with Crippen molar-refractivity contribution >= 4 is 11.9 Å². The SMILES string of the molecule is CCC(C)(C)C(=O)OC[C@@H]1[C@@H](/C=C/[C@@H](O)C[C@@H](O)CC(=O)O)C(C)(C)CC[C@H]1C(C)C. The standard InChI is InChI=1S/C25H44O6/c1-8-24(4,5)23(30)31-15-20-19(16(2)3)11-12-25(6,7)21(20)10-9-17(26)13-18(27)14-22(28)29/h9-10,16-21,26-27H,8,11-15H2,1-7H3,(H,28,29)/b10-9+/t17-,18-,19+,20+,21-/m1/s1. The molecule has 0 amide bonds. The number of aliphatic carboxylic acids is 1. The van der Waals surface area contributed by atoms with E-state index in [-0.39, 0.29) is 36.1 Å². The largest absolute Gasteiger partial charge is 0.481 e. The molecule has 1 rings (SSSR count). The van der Waals surface area contributed by atoms with Crippen LogP contribution in [-0.2, 0) is 14.3 Å². The Bertz CT molecular complexity index is 622. The number of ether oxygens (including phenoxy) is 1. The van der Waals surface area contributed by atoms with Crippen molar-refractivity contribution in [1.82, 2.24) is 0 Å². The number of aliphatic hydroxyl groups is 2. The molecule has 1 fully saturated rings. The molecule has 0 spiro atoms. The maximum Gasteiger partial charge on any atom is 0.311 e. The van der Waals surface area contributed by atoms with Gasteiger partial charge >= 0.3 is 11.9 Å². The number of carbonyl (C=O) groups excluding carboxylic acids is 1. The van der Waals surface area contributed by atoms with Crippen molar-refractivity contribution in [3.63, 3.8) is 0 Å². The van der Waals surface area contributed by atoms with Gasteiger partial charge in [0.15, 0.2) is 0 Å². The van der Waals surface area contributed by atoms with Crippen LogP contribution in [-0.4, -0.2) is 46.1 Å². The molecule has 0 aromatic carbocycles. The van der Waals surface area contributed by atoms with Crippen LogP contribution >= 0.6 is 0 Å². The fourth-order valence-electron chi connectivity index (χ4n) is 4.63. The molecular weight excluding hydrogens is 396 g/mol. The molecule has 1 aliphatic rings. The topological polar surface area (TPSA) is 104 Å². The highest BCUT2D eigenvalue weighted by Crippen LogP contribution is 2.50. The fraction of sp³-hybridized carbons (Fsp3) is 0.840. The van der Waals surface area contributed by atoms with Crippen molar-refractivity contribution in [2.24, 2.45) is 34.5 Å². The summed E-state index contributed by atoms with van der Waals surface area (Å²) in [5, 5.41) is 28.9. The molecule has 0 saturated heterocycles. The first-order chi connectivity index (χ1) is 14.2. The highest BCUT2D eigenvalue weighted by Gasteiger charge is 2.44. The fourth-order valence-corrected chi connectivity index (χ4v) is 4.63. The Balaban J connectivity index is 3.02. The van der Waals surface area contributed by atoms with E-state index in [4.69, 9.17) is 9.84 Å². The zero-order valence-electron chi connectivity index (χ0n) is 20.4. The number of carboxylic acids is 1. The second-order valence-electron chi connectivity index (χ2n) is 10.9. The molecule has 0 aliphatic heterocycles. The number of hydrogen-bond acceptors (Lipinski definition) is 5. The first-order valence-corrected chi connectivity index (χ1v) is 11.6. The predicted molar refractivity (Wildman–Crippen MR) is 121 cm³/mol. The second kappa shape index (κ2) is 11.5. The normalized spacial score (nSPS) is 26.1. The summed E-state index contributed by atoms with van der Waals surface area (Å²) < 4.78 is 5.82. The molecule has 6 heteroatoms. The lowest BCUT2D eigenvalue weighted by molar-refractivity contribution is -0.158. The van der Waals surface area contributed by atoms with Gasteiger partial charge in [0.1, 0.15) is 0 Å². The summed E-state index contributed by atoms with van der Waals surface area (Å²) >= 11 is 0. The number of hydrogen-bond donors (Lipinski definition) is 3. The number of esters is 1. The molecule has 0 aromatic heterocycles. The maximum absolute atomic E-state index is 12.6. The van der Waals surface area contributed by atoms with Crippen LogP contribution in [0.4, 0.5) is 0 Å². The van der Waals surface area contributed by atoms with Crippen LogP contribution < -0.4 is 0 Å². The van der Waals surface area contributed by atoms with Crippen molar-refractivity contribution in [3.05, 3.63) is 12.2 Å². The van der Waals surface area contributed by atoms with Crippen molar-refractivity contribution in [2.75, 3.05) is 6.61 Å². The number of rotatable bonds is 11. The minimum atomic E-state index is -1.09. The van der Waals surface area contributed by atoms with E-state index in [0.29, 0.717) is 24.9 Å². The molecule has 6 nitrogen and oxygen atoms in total. The van der Waals surface area contributed by atoms with E-state index in [0.717, 1.165) is 12.8 Å². The van der Waals surface area contributed by atoms with E-state index in [1.165, 1.54) is 0 Å². The molecule has 0 radical (unpaired) electrons. The Kier molecular flexibility index (Phi) is 10.2. The minimum Gasteiger partial charge on any atom is -0.481 e. The lowest BCUT2D eigenvalue weighted by Gasteiger charge is -2.48. The van der Waals surface area contributed by atoms with Gasteiger partial charge < -0.3 is 20.1 Å². The average molecular weight is 441 g/mol. The van der Waals surface area contributed by atoms with Crippen molar-refractivity contribution in [2.45, 2.75) is 92.8 Å². The number of carbonyl (C=O) groups is 2. The number of aliphatic hydroxyl groups excluding tert-OH is 2. The summed E-state index contributed by atoms with van der Waals surface area (Å²) in [5.41, 5.74) is -0.544. The lowest BCUT2D eigenvalue weighted by atomic mass is 9.57. The number of allylic oxidation sites excluding steroid dienone is 1. The third-order valence-corrected chi connectivity index (χ3v) is 7.20. The van der Waals surface area contributed by atoms with Gasteiger partial charge in [0, 0.05) is 12.3 Å². The molecule has 5 atom stereocenters. The Morgan fingerprint density at radius 1 is 1.23 bits per heavy atom. The summed E-state index contributed by atoms with van der Waals surface area (Å²) in [4.78, 5) is 23.3. The predicted octanol–water partition coefficient (Wildman–Crippen LogP) is 4.43. The van der Waals surface area contributed by atoms with E-state index < -0.39 is 23.6 Å². The molecule has 0 unspecified atom stereocenters. The van der Waals surface area contributed by atoms with Crippen molar-refractivity contribution < 1.29 is 29.6 Å². The van der Waals surface area contributed by atoms with Gasteiger partial charge in [-0.05, 0) is 56.3 Å². The zero-order valence-corrected chi connectivity index (χ0v) is 20.4. The molecule has 0 bridgehead atoms. The summed E-state index contributed by atoms with van der Waals surface area (Å²) in [6, 6.07) is 0. The molecule has 1 saturated carbocycles. The highest BCUT2D eigenvalue weighted by atomic mass is 16.5. The molecule has 180 valence electrons. The van der Waals surface area contributed by atoms with Gasteiger partial charge in [-0.2, -0.15) is 0 Å². The quantitative estimate of drug-likeness (QED) is 0.324. The van der Waals surface area contributed by atoms with E-state index in [2.05, 4.69) is 27.7 Å². The molecular formula is C25H44O6. The first-order valence-electron chi connectivity index (χ1n) is 11.6. The zero-order chi connectivity index (χ0) is 24.0. The van der Waals surface area contributed by atoms with Gasteiger partial charge in [-0.15, -0.1) is 0 Å². The van der Waals surface area contributed by atoms with Crippen LogP contribution in [0.25, 0.3) is 0 Å². The van der Waals surface area contributed by atoms with Crippen LogP contribution in [0.1, 0.15) is 80.6 Å². The minimum absolute atomic E-state index is 0.0199. The monoisotopic (exact) mass is 440 g/mol. The Labute approximate surface area is 188 Å². The Hall–Kier alpha value is -1.40. The first kappa shape index (κ1) is 27.6. The van der Waals surface area contributed by atoms with Gasteiger partial charge in [0.25, 0.3) is 0 Å². The summed E-state index contributed by atoms with van der Waals surface area (Å²) in [6.45, 7) is 14.9.